The summed E-state index contributed by atoms with van der Waals surface area (Å²) in [5.74, 6) is 1.12. The van der Waals surface area contributed by atoms with E-state index < -0.39 is 0 Å². The van der Waals surface area contributed by atoms with Crippen molar-refractivity contribution in [2.45, 2.75) is 52.0 Å². The van der Waals surface area contributed by atoms with Crippen LogP contribution in [-0.4, -0.2) is 9.78 Å². The Kier molecular flexibility index (Phi) is 4.00. The van der Waals surface area contributed by atoms with Gasteiger partial charge in [-0.15, -0.1) is 0 Å². The van der Waals surface area contributed by atoms with E-state index in [1.54, 1.807) is 0 Å². The fourth-order valence-electron chi connectivity index (χ4n) is 3.37. The predicted molar refractivity (Wildman–Crippen MR) is 87.3 cm³/mol. The summed E-state index contributed by atoms with van der Waals surface area (Å²) in [5.41, 5.74) is 10.7. The Hall–Kier alpha value is -1.77. The molecule has 1 atom stereocenters. The van der Waals surface area contributed by atoms with Crippen molar-refractivity contribution in [3.63, 3.8) is 0 Å². The molecule has 0 aliphatic heterocycles. The van der Waals surface area contributed by atoms with Crippen LogP contribution in [0.5, 0.6) is 0 Å². The lowest BCUT2D eigenvalue weighted by Gasteiger charge is -2.33. The average Bonchev–Trinajstić information content (AvgIpc) is 2.75. The molecule has 0 amide bonds. The minimum Gasteiger partial charge on any atom is -0.399 e. The maximum absolute atomic E-state index is 6.00. The van der Waals surface area contributed by atoms with Crippen molar-refractivity contribution in [1.29, 1.82) is 0 Å². The molecule has 1 aromatic heterocycles. The molecule has 0 radical (unpaired) electrons. The Balaban J connectivity index is 1.99. The van der Waals surface area contributed by atoms with Crippen molar-refractivity contribution in [3.8, 4) is 0 Å². The van der Waals surface area contributed by atoms with Crippen LogP contribution in [-0.2, 0) is 6.54 Å². The van der Waals surface area contributed by atoms with Gasteiger partial charge in [-0.3, -0.25) is 4.68 Å². The van der Waals surface area contributed by atoms with E-state index in [0.717, 1.165) is 24.6 Å². The van der Waals surface area contributed by atoms with E-state index >= 15 is 0 Å². The van der Waals surface area contributed by atoms with Gasteiger partial charge in [-0.2, -0.15) is 5.10 Å². The summed E-state index contributed by atoms with van der Waals surface area (Å²) in [7, 11) is 0. The van der Waals surface area contributed by atoms with Crippen molar-refractivity contribution in [1.82, 2.24) is 9.78 Å². The van der Waals surface area contributed by atoms with Crippen LogP contribution in [0.4, 0.5) is 5.69 Å². The predicted octanol–water partition coefficient (Wildman–Crippen LogP) is 4.12. The highest BCUT2D eigenvalue weighted by Crippen LogP contribution is 2.43. The second kappa shape index (κ2) is 5.92. The third-order valence-electron chi connectivity index (χ3n) is 4.62. The molecule has 1 aromatic carbocycles. The van der Waals surface area contributed by atoms with Crippen LogP contribution in [0.1, 0.15) is 55.3 Å². The van der Waals surface area contributed by atoms with Gasteiger partial charge in [0.2, 0.25) is 0 Å². The first kappa shape index (κ1) is 14.2. The molecule has 0 saturated heterocycles. The number of anilines is 1. The molecule has 112 valence electrons. The molecular weight excluding hydrogens is 258 g/mol. The summed E-state index contributed by atoms with van der Waals surface area (Å²) in [5, 5.41) is 4.88. The van der Waals surface area contributed by atoms with Gasteiger partial charge in [0.15, 0.2) is 0 Å². The summed E-state index contributed by atoms with van der Waals surface area (Å²) in [6, 6.07) is 8.36. The van der Waals surface area contributed by atoms with Gasteiger partial charge >= 0.3 is 0 Å². The number of aromatic nitrogens is 2. The summed E-state index contributed by atoms with van der Waals surface area (Å²) in [6.07, 6.45) is 7.26. The molecule has 1 saturated carbocycles. The standard InChI is InChI=1S/C18H25N3/c1-3-10-21-12-13(2)18(20-21)17(14-6-4-7-14)15-8-5-9-16(19)11-15/h5,8-9,11-12,14,17H,3-4,6-7,10,19H2,1-2H3. The lowest BCUT2D eigenvalue weighted by molar-refractivity contribution is 0.279. The lowest BCUT2D eigenvalue weighted by atomic mass is 9.71. The van der Waals surface area contributed by atoms with Gasteiger partial charge in [0, 0.05) is 24.3 Å². The van der Waals surface area contributed by atoms with E-state index in [0.29, 0.717) is 5.92 Å². The maximum Gasteiger partial charge on any atom is 0.0731 e. The van der Waals surface area contributed by atoms with Gasteiger partial charge in [-0.05, 0) is 55.4 Å². The molecule has 1 aliphatic rings. The zero-order valence-electron chi connectivity index (χ0n) is 13.0. The number of nitrogens with two attached hydrogens (primary N) is 1. The van der Waals surface area contributed by atoms with E-state index in [9.17, 15) is 0 Å². The monoisotopic (exact) mass is 283 g/mol. The van der Waals surface area contributed by atoms with Gasteiger partial charge in [0.05, 0.1) is 5.69 Å². The Labute approximate surface area is 127 Å². The Morgan fingerprint density at radius 2 is 2.19 bits per heavy atom. The molecule has 3 rings (SSSR count). The molecule has 21 heavy (non-hydrogen) atoms. The van der Waals surface area contributed by atoms with Crippen molar-refractivity contribution < 1.29 is 0 Å². The van der Waals surface area contributed by atoms with Crippen LogP contribution in [0.15, 0.2) is 30.5 Å². The number of nitrogens with zero attached hydrogens (tertiary/aromatic N) is 2. The van der Waals surface area contributed by atoms with Crippen LogP contribution >= 0.6 is 0 Å². The van der Waals surface area contributed by atoms with E-state index in [1.807, 2.05) is 6.07 Å². The maximum atomic E-state index is 6.00. The van der Waals surface area contributed by atoms with Crippen LogP contribution in [0.2, 0.25) is 0 Å². The zero-order valence-corrected chi connectivity index (χ0v) is 13.0. The first-order valence-corrected chi connectivity index (χ1v) is 8.08. The quantitative estimate of drug-likeness (QED) is 0.839. The topological polar surface area (TPSA) is 43.8 Å². The van der Waals surface area contributed by atoms with Gasteiger partial charge in [0.25, 0.3) is 0 Å². The normalized spacial score (nSPS) is 16.7. The number of hydrogen-bond acceptors (Lipinski definition) is 2. The van der Waals surface area contributed by atoms with Crippen molar-refractivity contribution in [2.75, 3.05) is 5.73 Å². The molecule has 2 aromatic rings. The Morgan fingerprint density at radius 1 is 1.38 bits per heavy atom. The SMILES string of the molecule is CCCn1cc(C)c(C(c2cccc(N)c2)C2CCC2)n1. The highest BCUT2D eigenvalue weighted by molar-refractivity contribution is 5.45. The van der Waals surface area contributed by atoms with Crippen molar-refractivity contribution in [3.05, 3.63) is 47.3 Å². The highest BCUT2D eigenvalue weighted by Gasteiger charge is 2.32. The number of nitrogen functional groups attached to an aromatic ring is 1. The second-order valence-corrected chi connectivity index (χ2v) is 6.30. The van der Waals surface area contributed by atoms with Crippen molar-refractivity contribution in [2.24, 2.45) is 5.92 Å². The van der Waals surface area contributed by atoms with E-state index in [4.69, 9.17) is 10.8 Å². The Bertz CT molecular complexity index is 611. The fourth-order valence-corrected chi connectivity index (χ4v) is 3.37. The number of hydrogen-bond donors (Lipinski definition) is 1. The average molecular weight is 283 g/mol. The molecular formula is C18H25N3. The van der Waals surface area contributed by atoms with E-state index in [-0.39, 0.29) is 0 Å². The first-order chi connectivity index (χ1) is 10.2. The lowest BCUT2D eigenvalue weighted by Crippen LogP contribution is -2.22. The largest absolute Gasteiger partial charge is 0.399 e. The summed E-state index contributed by atoms with van der Waals surface area (Å²) in [4.78, 5) is 0. The molecule has 1 aliphatic carbocycles. The van der Waals surface area contributed by atoms with Crippen LogP contribution in [0, 0.1) is 12.8 Å². The molecule has 1 heterocycles. The van der Waals surface area contributed by atoms with Crippen LogP contribution < -0.4 is 5.73 Å². The molecule has 1 fully saturated rings. The van der Waals surface area contributed by atoms with E-state index in [1.165, 1.54) is 36.1 Å². The molecule has 0 spiro atoms. The number of rotatable bonds is 5. The molecule has 1 unspecified atom stereocenters. The fraction of sp³-hybridized carbons (Fsp3) is 0.500. The second-order valence-electron chi connectivity index (χ2n) is 6.30. The first-order valence-electron chi connectivity index (χ1n) is 8.08. The minimum atomic E-state index is 0.403. The smallest absolute Gasteiger partial charge is 0.0731 e. The minimum absolute atomic E-state index is 0.403. The third kappa shape index (κ3) is 2.82. The third-order valence-corrected chi connectivity index (χ3v) is 4.62. The van der Waals surface area contributed by atoms with Gasteiger partial charge in [-0.1, -0.05) is 25.5 Å². The van der Waals surface area contributed by atoms with Crippen LogP contribution in [0.25, 0.3) is 0 Å². The van der Waals surface area contributed by atoms with E-state index in [2.05, 4.69) is 42.9 Å². The Morgan fingerprint density at radius 3 is 2.81 bits per heavy atom. The van der Waals surface area contributed by atoms with Gasteiger partial charge in [-0.25, -0.2) is 0 Å². The molecule has 0 bridgehead atoms. The van der Waals surface area contributed by atoms with Crippen LogP contribution in [0.3, 0.4) is 0 Å². The number of aryl methyl sites for hydroxylation is 2. The molecule has 3 heteroatoms. The summed E-state index contributed by atoms with van der Waals surface area (Å²) >= 11 is 0. The summed E-state index contributed by atoms with van der Waals surface area (Å²) < 4.78 is 2.10. The van der Waals surface area contributed by atoms with Gasteiger partial charge < -0.3 is 5.73 Å². The highest BCUT2D eigenvalue weighted by atomic mass is 15.3. The molecule has 2 N–H and O–H groups in total. The summed E-state index contributed by atoms with van der Waals surface area (Å²) in [6.45, 7) is 5.37. The number of benzene rings is 1. The molecule has 3 nitrogen and oxygen atoms in total. The van der Waals surface area contributed by atoms with Crippen molar-refractivity contribution >= 4 is 5.69 Å². The van der Waals surface area contributed by atoms with Gasteiger partial charge in [0.1, 0.15) is 0 Å². The zero-order chi connectivity index (χ0) is 14.8.